The molecule has 0 saturated heterocycles. The van der Waals surface area contributed by atoms with Gasteiger partial charge in [0.05, 0.1) is 17.9 Å². The fourth-order valence-corrected chi connectivity index (χ4v) is 2.41. The molecule has 5 nitrogen and oxygen atoms in total. The van der Waals surface area contributed by atoms with Crippen LogP contribution in [-0.4, -0.2) is 26.1 Å². The van der Waals surface area contributed by atoms with Gasteiger partial charge in [-0.15, -0.1) is 0 Å². The molecule has 20 heavy (non-hydrogen) atoms. The molecular weight excluding hydrogens is 250 g/mol. The Labute approximate surface area is 117 Å². The Kier molecular flexibility index (Phi) is 3.69. The Morgan fingerprint density at radius 3 is 2.90 bits per heavy atom. The van der Waals surface area contributed by atoms with Crippen LogP contribution >= 0.6 is 0 Å². The van der Waals surface area contributed by atoms with E-state index in [0.717, 1.165) is 18.5 Å². The largest absolute Gasteiger partial charge is 0.310 e. The molecule has 0 spiro atoms. The van der Waals surface area contributed by atoms with Crippen molar-refractivity contribution in [2.24, 2.45) is 0 Å². The number of hydrogen-bond acceptors (Lipinski definition) is 4. The van der Waals surface area contributed by atoms with Crippen molar-refractivity contribution in [3.05, 3.63) is 60.4 Å². The maximum Gasteiger partial charge on any atom is 0.0892 e. The van der Waals surface area contributed by atoms with E-state index in [-0.39, 0.29) is 6.04 Å². The van der Waals surface area contributed by atoms with Gasteiger partial charge in [0.2, 0.25) is 0 Å². The number of likely N-dealkylation sites (N-methyl/N-ethyl adjacent to an activating group) is 1. The third-order valence-electron chi connectivity index (χ3n) is 3.34. The minimum Gasteiger partial charge on any atom is -0.310 e. The van der Waals surface area contributed by atoms with Gasteiger partial charge in [0.15, 0.2) is 0 Å². The van der Waals surface area contributed by atoms with Crippen LogP contribution in [0.5, 0.6) is 0 Å². The van der Waals surface area contributed by atoms with E-state index in [4.69, 9.17) is 0 Å². The molecule has 0 bridgehead atoms. The molecule has 5 heteroatoms. The quantitative estimate of drug-likeness (QED) is 0.768. The molecule has 0 amide bonds. The minimum atomic E-state index is 0.214. The monoisotopic (exact) mass is 267 g/mol. The van der Waals surface area contributed by atoms with Crippen LogP contribution in [0.4, 0.5) is 0 Å². The van der Waals surface area contributed by atoms with Crippen LogP contribution in [0.15, 0.2) is 49.3 Å². The van der Waals surface area contributed by atoms with Crippen molar-refractivity contribution in [3.63, 3.8) is 0 Å². The smallest absolute Gasteiger partial charge is 0.0892 e. The summed E-state index contributed by atoms with van der Waals surface area (Å²) < 4.78 is 1.86. The molecule has 0 aliphatic carbocycles. The van der Waals surface area contributed by atoms with E-state index >= 15 is 0 Å². The highest BCUT2D eigenvalue weighted by molar-refractivity contribution is 5.53. The molecule has 0 saturated carbocycles. The summed E-state index contributed by atoms with van der Waals surface area (Å²) >= 11 is 0. The van der Waals surface area contributed by atoms with E-state index in [1.165, 1.54) is 11.1 Å². The van der Waals surface area contributed by atoms with Gasteiger partial charge < -0.3 is 5.32 Å². The molecule has 3 aromatic heterocycles. The lowest BCUT2D eigenvalue weighted by Crippen LogP contribution is -2.22. The fourth-order valence-electron chi connectivity index (χ4n) is 2.41. The van der Waals surface area contributed by atoms with Crippen molar-refractivity contribution in [2.75, 3.05) is 6.54 Å². The van der Waals surface area contributed by atoms with E-state index in [1.54, 1.807) is 12.4 Å². The first-order valence-electron chi connectivity index (χ1n) is 6.78. The zero-order valence-corrected chi connectivity index (χ0v) is 11.4. The molecule has 102 valence electrons. The third kappa shape index (κ3) is 2.53. The average Bonchev–Trinajstić information content (AvgIpc) is 2.92. The number of aromatic nitrogens is 4. The SMILES string of the molecule is CCNC(Cc1cccnc1)c1cnn2ccncc12. The Balaban J connectivity index is 1.94. The van der Waals surface area contributed by atoms with Gasteiger partial charge >= 0.3 is 0 Å². The molecule has 3 heterocycles. The highest BCUT2D eigenvalue weighted by Crippen LogP contribution is 2.22. The van der Waals surface area contributed by atoms with Crippen molar-refractivity contribution in [3.8, 4) is 0 Å². The van der Waals surface area contributed by atoms with Crippen molar-refractivity contribution >= 4 is 5.52 Å². The average molecular weight is 267 g/mol. The lowest BCUT2D eigenvalue weighted by Gasteiger charge is -2.16. The maximum atomic E-state index is 4.38. The summed E-state index contributed by atoms with van der Waals surface area (Å²) in [5, 5.41) is 7.90. The molecule has 1 N–H and O–H groups in total. The molecule has 0 radical (unpaired) electrons. The Morgan fingerprint density at radius 1 is 1.20 bits per heavy atom. The summed E-state index contributed by atoms with van der Waals surface area (Å²) in [5.74, 6) is 0. The summed E-state index contributed by atoms with van der Waals surface area (Å²) in [7, 11) is 0. The number of pyridine rings is 1. The van der Waals surface area contributed by atoms with E-state index in [0.29, 0.717) is 0 Å². The van der Waals surface area contributed by atoms with Crippen LogP contribution in [0.1, 0.15) is 24.1 Å². The summed E-state index contributed by atoms with van der Waals surface area (Å²) in [6, 6.07) is 4.28. The second-order valence-corrected chi connectivity index (χ2v) is 4.68. The number of nitrogens with one attached hydrogen (secondary N) is 1. The van der Waals surface area contributed by atoms with Gasteiger partial charge in [-0.2, -0.15) is 5.10 Å². The van der Waals surface area contributed by atoms with Crippen LogP contribution in [0, 0.1) is 0 Å². The fraction of sp³-hybridized carbons (Fsp3) is 0.267. The molecule has 0 aliphatic heterocycles. The van der Waals surface area contributed by atoms with Crippen molar-refractivity contribution in [1.82, 2.24) is 24.9 Å². The standard InChI is InChI=1S/C15H17N5/c1-2-18-14(8-12-4-3-5-16-9-12)13-10-19-20-7-6-17-11-15(13)20/h3-7,9-11,14,18H,2,8H2,1H3. The number of fused-ring (bicyclic) bond motifs is 1. The van der Waals surface area contributed by atoms with Crippen molar-refractivity contribution in [2.45, 2.75) is 19.4 Å². The van der Waals surface area contributed by atoms with E-state index in [2.05, 4.69) is 33.4 Å². The van der Waals surface area contributed by atoms with E-state index in [1.807, 2.05) is 35.4 Å². The van der Waals surface area contributed by atoms with Gasteiger partial charge in [-0.3, -0.25) is 9.97 Å². The van der Waals surface area contributed by atoms with Gasteiger partial charge in [0.25, 0.3) is 0 Å². The van der Waals surface area contributed by atoms with Crippen LogP contribution in [0.2, 0.25) is 0 Å². The lowest BCUT2D eigenvalue weighted by molar-refractivity contribution is 0.552. The summed E-state index contributed by atoms with van der Waals surface area (Å²) in [6.45, 7) is 3.02. The van der Waals surface area contributed by atoms with Gasteiger partial charge in [-0.1, -0.05) is 13.0 Å². The Bertz CT molecular complexity index is 677. The number of rotatable bonds is 5. The topological polar surface area (TPSA) is 55.1 Å². The molecule has 0 aromatic carbocycles. The Morgan fingerprint density at radius 2 is 2.10 bits per heavy atom. The second kappa shape index (κ2) is 5.79. The second-order valence-electron chi connectivity index (χ2n) is 4.68. The molecule has 0 aliphatic rings. The molecule has 3 rings (SSSR count). The lowest BCUT2D eigenvalue weighted by atomic mass is 10.0. The highest BCUT2D eigenvalue weighted by atomic mass is 15.2. The normalized spacial score (nSPS) is 12.7. The molecular formula is C15H17N5. The summed E-state index contributed by atoms with van der Waals surface area (Å²) in [4.78, 5) is 8.37. The van der Waals surface area contributed by atoms with Gasteiger partial charge in [-0.05, 0) is 24.6 Å². The van der Waals surface area contributed by atoms with Crippen LogP contribution in [0.3, 0.4) is 0 Å². The molecule has 0 fully saturated rings. The molecule has 1 unspecified atom stereocenters. The van der Waals surface area contributed by atoms with Crippen LogP contribution in [-0.2, 0) is 6.42 Å². The van der Waals surface area contributed by atoms with Gasteiger partial charge in [0, 0.05) is 36.4 Å². The first-order valence-corrected chi connectivity index (χ1v) is 6.78. The first-order chi connectivity index (χ1) is 9.88. The Hall–Kier alpha value is -2.27. The van der Waals surface area contributed by atoms with E-state index in [9.17, 15) is 0 Å². The van der Waals surface area contributed by atoms with Gasteiger partial charge in [0.1, 0.15) is 0 Å². The highest BCUT2D eigenvalue weighted by Gasteiger charge is 2.16. The minimum absolute atomic E-state index is 0.214. The third-order valence-corrected chi connectivity index (χ3v) is 3.34. The van der Waals surface area contributed by atoms with Crippen LogP contribution < -0.4 is 5.32 Å². The predicted molar refractivity (Wildman–Crippen MR) is 77.3 cm³/mol. The molecule has 3 aromatic rings. The summed E-state index contributed by atoms with van der Waals surface area (Å²) in [6.07, 6.45) is 12.0. The maximum absolute atomic E-state index is 4.38. The van der Waals surface area contributed by atoms with Crippen molar-refractivity contribution in [1.29, 1.82) is 0 Å². The van der Waals surface area contributed by atoms with Crippen molar-refractivity contribution < 1.29 is 0 Å². The van der Waals surface area contributed by atoms with Gasteiger partial charge in [-0.25, -0.2) is 4.52 Å². The predicted octanol–water partition coefficient (Wildman–Crippen LogP) is 2.02. The number of hydrogen-bond donors (Lipinski definition) is 1. The first kappa shape index (κ1) is 12.7. The molecule has 1 atom stereocenters. The number of nitrogens with zero attached hydrogens (tertiary/aromatic N) is 4. The zero-order valence-electron chi connectivity index (χ0n) is 11.4. The zero-order chi connectivity index (χ0) is 13.8. The summed E-state index contributed by atoms with van der Waals surface area (Å²) in [5.41, 5.74) is 3.42. The van der Waals surface area contributed by atoms with E-state index < -0.39 is 0 Å². The van der Waals surface area contributed by atoms with Crippen LogP contribution in [0.25, 0.3) is 5.52 Å².